The first-order chi connectivity index (χ1) is 6.81. The molecule has 0 spiro atoms. The second-order valence-corrected chi connectivity index (χ2v) is 4.12. The molecule has 3 nitrogen and oxygen atoms in total. The van der Waals surface area contributed by atoms with Crippen molar-refractivity contribution in [3.63, 3.8) is 0 Å². The van der Waals surface area contributed by atoms with Crippen LogP contribution < -0.4 is 5.73 Å². The SMILES string of the molecule is NCc1sc(-c2cccnc2)nc1Cl. The fraction of sp³-hybridized carbons (Fsp3) is 0.111. The van der Waals surface area contributed by atoms with Crippen LogP contribution in [0.5, 0.6) is 0 Å². The minimum atomic E-state index is 0.427. The molecule has 0 saturated heterocycles. The van der Waals surface area contributed by atoms with Crippen molar-refractivity contribution < 1.29 is 0 Å². The van der Waals surface area contributed by atoms with Crippen LogP contribution in [-0.2, 0) is 6.54 Å². The van der Waals surface area contributed by atoms with Gasteiger partial charge in [-0.25, -0.2) is 4.98 Å². The lowest BCUT2D eigenvalue weighted by atomic mass is 10.3. The zero-order valence-electron chi connectivity index (χ0n) is 7.27. The molecule has 0 fully saturated rings. The second-order valence-electron chi connectivity index (χ2n) is 2.68. The third-order valence-electron chi connectivity index (χ3n) is 1.74. The Morgan fingerprint density at radius 1 is 1.50 bits per heavy atom. The first-order valence-electron chi connectivity index (χ1n) is 4.07. The van der Waals surface area contributed by atoms with Gasteiger partial charge in [-0.1, -0.05) is 11.6 Å². The summed E-state index contributed by atoms with van der Waals surface area (Å²) in [6, 6.07) is 3.81. The van der Waals surface area contributed by atoms with Gasteiger partial charge in [0.2, 0.25) is 0 Å². The van der Waals surface area contributed by atoms with Crippen molar-refractivity contribution in [2.45, 2.75) is 6.54 Å². The van der Waals surface area contributed by atoms with Gasteiger partial charge in [-0.3, -0.25) is 4.98 Å². The second kappa shape index (κ2) is 4.04. The molecule has 0 atom stereocenters. The normalized spacial score (nSPS) is 10.4. The van der Waals surface area contributed by atoms with Crippen LogP contribution in [-0.4, -0.2) is 9.97 Å². The maximum Gasteiger partial charge on any atom is 0.145 e. The van der Waals surface area contributed by atoms with E-state index in [0.29, 0.717) is 11.7 Å². The van der Waals surface area contributed by atoms with Crippen LogP contribution >= 0.6 is 22.9 Å². The first-order valence-corrected chi connectivity index (χ1v) is 5.26. The number of aromatic nitrogens is 2. The van der Waals surface area contributed by atoms with Crippen LogP contribution in [0.15, 0.2) is 24.5 Å². The van der Waals surface area contributed by atoms with E-state index in [1.54, 1.807) is 12.4 Å². The van der Waals surface area contributed by atoms with Crippen LogP contribution in [0.3, 0.4) is 0 Å². The third-order valence-corrected chi connectivity index (χ3v) is 3.29. The van der Waals surface area contributed by atoms with Gasteiger partial charge in [-0.2, -0.15) is 0 Å². The lowest BCUT2D eigenvalue weighted by Crippen LogP contribution is -1.92. The lowest BCUT2D eigenvalue weighted by Gasteiger charge is -1.91. The topological polar surface area (TPSA) is 51.8 Å². The number of pyridine rings is 1. The Labute approximate surface area is 90.6 Å². The molecule has 2 aromatic rings. The summed E-state index contributed by atoms with van der Waals surface area (Å²) in [7, 11) is 0. The molecule has 0 aromatic carbocycles. The first kappa shape index (κ1) is 9.58. The number of nitrogens with two attached hydrogens (primary N) is 1. The van der Waals surface area contributed by atoms with Gasteiger partial charge in [-0.05, 0) is 12.1 Å². The van der Waals surface area contributed by atoms with Crippen LogP contribution in [0.1, 0.15) is 4.88 Å². The Kier molecular flexibility index (Phi) is 2.77. The smallest absolute Gasteiger partial charge is 0.145 e. The van der Waals surface area contributed by atoms with E-state index >= 15 is 0 Å². The Hall–Kier alpha value is -0.970. The molecule has 0 amide bonds. The largest absolute Gasteiger partial charge is 0.326 e. The van der Waals surface area contributed by atoms with Crippen LogP contribution in [0.4, 0.5) is 0 Å². The summed E-state index contributed by atoms with van der Waals surface area (Å²) in [4.78, 5) is 9.14. The van der Waals surface area contributed by atoms with Gasteiger partial charge >= 0.3 is 0 Å². The Bertz CT molecular complexity index is 427. The van der Waals surface area contributed by atoms with Crippen molar-refractivity contribution >= 4 is 22.9 Å². The average molecular weight is 226 g/mol. The van der Waals surface area contributed by atoms with Crippen molar-refractivity contribution in [3.8, 4) is 10.6 Å². The van der Waals surface area contributed by atoms with Gasteiger partial charge in [0.25, 0.3) is 0 Å². The summed E-state index contributed by atoms with van der Waals surface area (Å²) in [6.45, 7) is 0.427. The molecule has 0 aliphatic rings. The van der Waals surface area contributed by atoms with Crippen LogP contribution in [0, 0.1) is 0 Å². The van der Waals surface area contributed by atoms with Crippen molar-refractivity contribution in [3.05, 3.63) is 34.6 Å². The molecule has 2 aromatic heterocycles. The highest BCUT2D eigenvalue weighted by Crippen LogP contribution is 2.29. The summed E-state index contributed by atoms with van der Waals surface area (Å²) < 4.78 is 0. The van der Waals surface area contributed by atoms with Gasteiger partial charge in [0.1, 0.15) is 10.2 Å². The maximum absolute atomic E-state index is 5.89. The number of halogens is 1. The monoisotopic (exact) mass is 225 g/mol. The molecule has 0 saturated carbocycles. The quantitative estimate of drug-likeness (QED) is 0.854. The molecule has 0 aliphatic carbocycles. The van der Waals surface area contributed by atoms with E-state index in [1.165, 1.54) is 11.3 Å². The van der Waals surface area contributed by atoms with E-state index in [9.17, 15) is 0 Å². The van der Waals surface area contributed by atoms with Crippen molar-refractivity contribution in [2.24, 2.45) is 5.73 Å². The van der Waals surface area contributed by atoms with Gasteiger partial charge in [0, 0.05) is 24.5 Å². The molecular formula is C9H8ClN3S. The summed E-state index contributed by atoms with van der Waals surface area (Å²) in [5.41, 5.74) is 6.48. The zero-order valence-corrected chi connectivity index (χ0v) is 8.85. The van der Waals surface area contributed by atoms with Crippen molar-refractivity contribution in [1.29, 1.82) is 0 Å². The number of hydrogen-bond acceptors (Lipinski definition) is 4. The highest BCUT2D eigenvalue weighted by molar-refractivity contribution is 7.15. The number of rotatable bonds is 2. The van der Waals surface area contributed by atoms with Gasteiger partial charge < -0.3 is 5.73 Å². The van der Waals surface area contributed by atoms with Crippen molar-refractivity contribution in [2.75, 3.05) is 0 Å². The summed E-state index contributed by atoms with van der Waals surface area (Å²) >= 11 is 7.40. The van der Waals surface area contributed by atoms with E-state index in [-0.39, 0.29) is 0 Å². The molecule has 72 valence electrons. The fourth-order valence-corrected chi connectivity index (χ4v) is 2.22. The van der Waals surface area contributed by atoms with Crippen LogP contribution in [0.25, 0.3) is 10.6 Å². The van der Waals surface area contributed by atoms with Gasteiger partial charge in [-0.15, -0.1) is 11.3 Å². The molecule has 5 heteroatoms. The number of nitrogens with zero attached hydrogens (tertiary/aromatic N) is 2. The third kappa shape index (κ3) is 1.77. The molecule has 0 radical (unpaired) electrons. The molecule has 14 heavy (non-hydrogen) atoms. The Morgan fingerprint density at radius 3 is 2.93 bits per heavy atom. The summed E-state index contributed by atoms with van der Waals surface area (Å²) in [5, 5.41) is 1.36. The van der Waals surface area contributed by atoms with Gasteiger partial charge in [0.15, 0.2) is 0 Å². The molecule has 0 unspecified atom stereocenters. The minimum absolute atomic E-state index is 0.427. The average Bonchev–Trinajstić information content (AvgIpc) is 2.61. The molecular weight excluding hydrogens is 218 g/mol. The predicted molar refractivity (Wildman–Crippen MR) is 58.2 cm³/mol. The fourth-order valence-electron chi connectivity index (χ4n) is 1.07. The molecule has 2 rings (SSSR count). The van der Waals surface area contributed by atoms with Crippen LogP contribution in [0.2, 0.25) is 5.15 Å². The number of thiazole rings is 1. The predicted octanol–water partition coefficient (Wildman–Crippen LogP) is 2.32. The molecule has 2 heterocycles. The molecule has 0 bridgehead atoms. The molecule has 0 aliphatic heterocycles. The van der Waals surface area contributed by atoms with E-state index in [4.69, 9.17) is 17.3 Å². The summed E-state index contributed by atoms with van der Waals surface area (Å²) in [6.07, 6.45) is 3.48. The standard InChI is InChI=1S/C9H8ClN3S/c10-8-7(4-11)14-9(13-8)6-2-1-3-12-5-6/h1-3,5H,4,11H2. The van der Waals surface area contributed by atoms with E-state index in [0.717, 1.165) is 15.4 Å². The maximum atomic E-state index is 5.89. The number of hydrogen-bond donors (Lipinski definition) is 1. The summed E-state index contributed by atoms with van der Waals surface area (Å²) in [5.74, 6) is 0. The van der Waals surface area contributed by atoms with E-state index < -0.39 is 0 Å². The molecule has 2 N–H and O–H groups in total. The lowest BCUT2D eigenvalue weighted by molar-refractivity contribution is 1.10. The van der Waals surface area contributed by atoms with E-state index in [1.807, 2.05) is 12.1 Å². The van der Waals surface area contributed by atoms with Gasteiger partial charge in [0.05, 0.1) is 4.88 Å². The highest BCUT2D eigenvalue weighted by atomic mass is 35.5. The Balaban J connectivity index is 2.43. The van der Waals surface area contributed by atoms with E-state index in [2.05, 4.69) is 9.97 Å². The minimum Gasteiger partial charge on any atom is -0.326 e. The Morgan fingerprint density at radius 2 is 2.36 bits per heavy atom. The van der Waals surface area contributed by atoms with Crippen molar-refractivity contribution in [1.82, 2.24) is 9.97 Å². The zero-order chi connectivity index (χ0) is 9.97. The highest BCUT2D eigenvalue weighted by Gasteiger charge is 2.08.